The van der Waals surface area contributed by atoms with Crippen molar-refractivity contribution in [2.45, 2.75) is 18.5 Å². The summed E-state index contributed by atoms with van der Waals surface area (Å²) in [6.07, 6.45) is -4.57. The van der Waals surface area contributed by atoms with E-state index in [1.807, 2.05) is 0 Å². The van der Waals surface area contributed by atoms with E-state index in [1.54, 1.807) is 12.1 Å². The van der Waals surface area contributed by atoms with E-state index in [-0.39, 0.29) is 10.9 Å². The van der Waals surface area contributed by atoms with Crippen LogP contribution in [0.4, 0.5) is 13.2 Å². The monoisotopic (exact) mass is 297 g/mol. The van der Waals surface area contributed by atoms with E-state index in [4.69, 9.17) is 5.11 Å². The van der Waals surface area contributed by atoms with Gasteiger partial charge in [0, 0.05) is 7.05 Å². The molecule has 0 aliphatic rings. The van der Waals surface area contributed by atoms with E-state index in [9.17, 15) is 21.6 Å². The summed E-state index contributed by atoms with van der Waals surface area (Å²) in [7, 11) is -3.15. The highest BCUT2D eigenvalue weighted by Gasteiger charge is 2.34. The molecule has 0 saturated carbocycles. The molecule has 0 atom stereocenters. The Morgan fingerprint density at radius 3 is 2.37 bits per heavy atom. The third-order valence-electron chi connectivity index (χ3n) is 2.40. The SMILES string of the molecule is CN(CC(F)(F)F)S(=O)(=O)Cc1cccc(CO)c1. The molecule has 0 aliphatic carbocycles. The second-order valence-corrected chi connectivity index (χ2v) is 6.18. The van der Waals surface area contributed by atoms with Gasteiger partial charge in [-0.15, -0.1) is 0 Å². The van der Waals surface area contributed by atoms with E-state index in [2.05, 4.69) is 0 Å². The first-order valence-corrected chi connectivity index (χ1v) is 6.94. The average Bonchev–Trinajstić information content (AvgIpc) is 2.26. The van der Waals surface area contributed by atoms with Gasteiger partial charge >= 0.3 is 6.18 Å². The fourth-order valence-corrected chi connectivity index (χ4v) is 2.65. The molecule has 8 heteroatoms. The average molecular weight is 297 g/mol. The molecule has 1 aromatic carbocycles. The van der Waals surface area contributed by atoms with Gasteiger partial charge < -0.3 is 5.11 Å². The number of hydrogen-bond acceptors (Lipinski definition) is 3. The lowest BCUT2D eigenvalue weighted by atomic mass is 10.1. The minimum atomic E-state index is -4.57. The third-order valence-corrected chi connectivity index (χ3v) is 4.18. The largest absolute Gasteiger partial charge is 0.402 e. The molecule has 1 aromatic rings. The quantitative estimate of drug-likeness (QED) is 0.896. The highest BCUT2D eigenvalue weighted by atomic mass is 32.2. The van der Waals surface area contributed by atoms with Crippen molar-refractivity contribution in [3.63, 3.8) is 0 Å². The van der Waals surface area contributed by atoms with Crippen LogP contribution in [0.1, 0.15) is 11.1 Å². The summed E-state index contributed by atoms with van der Waals surface area (Å²) < 4.78 is 60.2. The van der Waals surface area contributed by atoms with Crippen LogP contribution in [-0.2, 0) is 22.4 Å². The van der Waals surface area contributed by atoms with Crippen LogP contribution in [0.15, 0.2) is 24.3 Å². The zero-order chi connectivity index (χ0) is 14.7. The number of alkyl halides is 3. The fourth-order valence-electron chi connectivity index (χ4n) is 1.49. The third kappa shape index (κ3) is 5.17. The number of rotatable bonds is 5. The van der Waals surface area contributed by atoms with Crippen molar-refractivity contribution in [1.29, 1.82) is 0 Å². The van der Waals surface area contributed by atoms with Crippen LogP contribution in [0.3, 0.4) is 0 Å². The highest BCUT2D eigenvalue weighted by Crippen LogP contribution is 2.19. The summed E-state index contributed by atoms with van der Waals surface area (Å²) >= 11 is 0. The van der Waals surface area contributed by atoms with Gasteiger partial charge in [-0.05, 0) is 11.1 Å². The molecule has 1 rings (SSSR count). The first-order chi connectivity index (χ1) is 8.64. The summed E-state index contributed by atoms with van der Waals surface area (Å²) in [5.74, 6) is -0.534. The van der Waals surface area contributed by atoms with Crippen LogP contribution in [0.25, 0.3) is 0 Å². The van der Waals surface area contributed by atoms with Gasteiger partial charge in [0.1, 0.15) is 6.54 Å². The van der Waals surface area contributed by atoms with Gasteiger partial charge in [0.15, 0.2) is 0 Å². The second kappa shape index (κ2) is 5.89. The van der Waals surface area contributed by atoms with Gasteiger partial charge in [0.05, 0.1) is 12.4 Å². The van der Waals surface area contributed by atoms with E-state index in [0.29, 0.717) is 11.1 Å². The zero-order valence-corrected chi connectivity index (χ0v) is 11.0. The fraction of sp³-hybridized carbons (Fsp3) is 0.455. The van der Waals surface area contributed by atoms with Gasteiger partial charge in [-0.1, -0.05) is 24.3 Å². The van der Waals surface area contributed by atoms with Gasteiger partial charge in [0.25, 0.3) is 0 Å². The Balaban J connectivity index is 2.84. The first kappa shape index (κ1) is 15.9. The van der Waals surface area contributed by atoms with Gasteiger partial charge in [-0.2, -0.15) is 17.5 Å². The molecule has 0 aliphatic heterocycles. The Kier molecular flexibility index (Phi) is 4.94. The summed E-state index contributed by atoms with van der Waals surface area (Å²) in [6.45, 7) is -1.78. The van der Waals surface area contributed by atoms with Crippen LogP contribution in [0.5, 0.6) is 0 Å². The van der Waals surface area contributed by atoms with E-state index in [1.165, 1.54) is 12.1 Å². The van der Waals surface area contributed by atoms with Crippen LogP contribution in [-0.4, -0.2) is 37.6 Å². The first-order valence-electron chi connectivity index (χ1n) is 5.33. The molecule has 0 spiro atoms. The molecular formula is C11H14F3NO3S. The predicted molar refractivity (Wildman–Crippen MR) is 63.7 cm³/mol. The molecule has 0 unspecified atom stereocenters. The maximum absolute atomic E-state index is 12.2. The van der Waals surface area contributed by atoms with Gasteiger partial charge in [0.2, 0.25) is 10.0 Å². The highest BCUT2D eigenvalue weighted by molar-refractivity contribution is 7.88. The topological polar surface area (TPSA) is 57.6 Å². The molecule has 19 heavy (non-hydrogen) atoms. The van der Waals surface area contributed by atoms with E-state index in [0.717, 1.165) is 7.05 Å². The molecule has 0 heterocycles. The molecule has 0 saturated heterocycles. The number of sulfonamides is 1. The van der Waals surface area contributed by atoms with Gasteiger partial charge in [-0.3, -0.25) is 0 Å². The van der Waals surface area contributed by atoms with E-state index >= 15 is 0 Å². The molecular weight excluding hydrogens is 283 g/mol. The van der Waals surface area contributed by atoms with Crippen molar-refractivity contribution >= 4 is 10.0 Å². The number of aliphatic hydroxyl groups excluding tert-OH is 1. The van der Waals surface area contributed by atoms with Crippen molar-refractivity contribution in [1.82, 2.24) is 4.31 Å². The van der Waals surface area contributed by atoms with Crippen molar-refractivity contribution in [2.24, 2.45) is 0 Å². The summed E-state index contributed by atoms with van der Waals surface area (Å²) in [4.78, 5) is 0. The maximum Gasteiger partial charge on any atom is 0.402 e. The number of hydrogen-bond donors (Lipinski definition) is 1. The summed E-state index contributed by atoms with van der Waals surface area (Å²) in [5, 5.41) is 8.91. The number of aliphatic hydroxyl groups is 1. The Bertz CT molecular complexity index is 528. The van der Waals surface area contributed by atoms with Gasteiger partial charge in [-0.25, -0.2) is 8.42 Å². The standard InChI is InChI=1S/C11H14F3NO3S/c1-15(8-11(12,13)14)19(17,18)7-10-4-2-3-9(5-10)6-16/h2-5,16H,6-8H2,1H3. The summed E-state index contributed by atoms with van der Waals surface area (Å²) in [5.41, 5.74) is 0.840. The second-order valence-electron chi connectivity index (χ2n) is 4.11. The lowest BCUT2D eigenvalue weighted by Crippen LogP contribution is -2.36. The van der Waals surface area contributed by atoms with Crippen molar-refractivity contribution < 1.29 is 26.7 Å². The molecule has 0 aromatic heterocycles. The van der Waals surface area contributed by atoms with Crippen LogP contribution >= 0.6 is 0 Å². The minimum Gasteiger partial charge on any atom is -0.392 e. The predicted octanol–water partition coefficient (Wildman–Crippen LogP) is 1.50. The lowest BCUT2D eigenvalue weighted by molar-refractivity contribution is -0.134. The number of nitrogens with zero attached hydrogens (tertiary/aromatic N) is 1. The Morgan fingerprint density at radius 1 is 1.26 bits per heavy atom. The normalized spacial score (nSPS) is 12.9. The number of benzene rings is 1. The maximum atomic E-state index is 12.2. The Labute approximate surface area is 109 Å². The molecule has 1 N–H and O–H groups in total. The van der Waals surface area contributed by atoms with Crippen molar-refractivity contribution in [3.05, 3.63) is 35.4 Å². The molecule has 0 fully saturated rings. The number of halogens is 3. The minimum absolute atomic E-state index is 0.258. The van der Waals surface area contributed by atoms with Crippen molar-refractivity contribution in [3.8, 4) is 0 Å². The van der Waals surface area contributed by atoms with Crippen LogP contribution < -0.4 is 0 Å². The summed E-state index contributed by atoms with van der Waals surface area (Å²) in [6, 6.07) is 6.06. The Morgan fingerprint density at radius 2 is 1.84 bits per heavy atom. The molecule has 0 radical (unpaired) electrons. The lowest BCUT2D eigenvalue weighted by Gasteiger charge is -2.18. The van der Waals surface area contributed by atoms with Crippen LogP contribution in [0.2, 0.25) is 0 Å². The van der Waals surface area contributed by atoms with Crippen LogP contribution in [0, 0.1) is 0 Å². The molecule has 0 bridgehead atoms. The smallest absolute Gasteiger partial charge is 0.392 e. The van der Waals surface area contributed by atoms with Crippen molar-refractivity contribution in [2.75, 3.05) is 13.6 Å². The Hall–Kier alpha value is -1.12. The van der Waals surface area contributed by atoms with E-state index < -0.39 is 28.5 Å². The zero-order valence-electron chi connectivity index (χ0n) is 10.2. The molecule has 0 amide bonds. The molecule has 4 nitrogen and oxygen atoms in total. The molecule has 108 valence electrons.